The zero-order chi connectivity index (χ0) is 18.4. The summed E-state index contributed by atoms with van der Waals surface area (Å²) in [4.78, 5) is 24.6. The molecule has 0 saturated carbocycles. The van der Waals surface area contributed by atoms with E-state index in [2.05, 4.69) is 10.6 Å². The zero-order valence-electron chi connectivity index (χ0n) is 14.5. The van der Waals surface area contributed by atoms with Gasteiger partial charge in [-0.25, -0.2) is 0 Å². The molecule has 1 atom stereocenters. The standard InChI is InChI=1S/C20H23N3O3/c21-18(14-9-11-26-12-10-14)20(25)23-17-8-4-7-16(13-17)22-19(24)15-5-2-1-3-6-15/h1-8,13-14,18H,9-12,21H2,(H,22,24)(H,23,25). The Kier molecular flexibility index (Phi) is 5.99. The first-order valence-electron chi connectivity index (χ1n) is 8.74. The van der Waals surface area contributed by atoms with E-state index in [9.17, 15) is 9.59 Å². The van der Waals surface area contributed by atoms with Gasteiger partial charge >= 0.3 is 0 Å². The van der Waals surface area contributed by atoms with Gasteiger partial charge in [0, 0.05) is 30.2 Å². The number of carbonyl (C=O) groups is 2. The molecule has 3 rings (SSSR count). The van der Waals surface area contributed by atoms with E-state index in [0.717, 1.165) is 12.8 Å². The summed E-state index contributed by atoms with van der Waals surface area (Å²) in [5, 5.41) is 5.66. The molecule has 0 aliphatic carbocycles. The van der Waals surface area contributed by atoms with Crippen LogP contribution in [0, 0.1) is 5.92 Å². The van der Waals surface area contributed by atoms with Gasteiger partial charge in [-0.1, -0.05) is 24.3 Å². The summed E-state index contributed by atoms with van der Waals surface area (Å²) in [6.45, 7) is 1.29. The monoisotopic (exact) mass is 353 g/mol. The minimum atomic E-state index is -0.568. The van der Waals surface area contributed by atoms with Crippen molar-refractivity contribution in [3.63, 3.8) is 0 Å². The third-order valence-corrected chi connectivity index (χ3v) is 4.50. The Morgan fingerprint density at radius 2 is 1.62 bits per heavy atom. The first kappa shape index (κ1) is 18.1. The first-order chi connectivity index (χ1) is 12.6. The summed E-state index contributed by atoms with van der Waals surface area (Å²) in [5.74, 6) is -0.291. The molecule has 4 N–H and O–H groups in total. The van der Waals surface area contributed by atoms with Gasteiger partial charge in [-0.15, -0.1) is 0 Å². The number of carbonyl (C=O) groups excluding carboxylic acids is 2. The third kappa shape index (κ3) is 4.68. The normalized spacial score (nSPS) is 15.9. The van der Waals surface area contributed by atoms with Gasteiger partial charge in [-0.2, -0.15) is 0 Å². The summed E-state index contributed by atoms with van der Waals surface area (Å²) in [7, 11) is 0. The number of benzene rings is 2. The molecule has 6 heteroatoms. The summed E-state index contributed by atoms with van der Waals surface area (Å²) in [6, 6.07) is 15.4. The van der Waals surface area contributed by atoms with Gasteiger partial charge in [0.2, 0.25) is 5.91 Å². The molecule has 1 heterocycles. The number of nitrogens with one attached hydrogen (secondary N) is 2. The quantitative estimate of drug-likeness (QED) is 0.770. The maximum Gasteiger partial charge on any atom is 0.255 e. The molecule has 1 aliphatic heterocycles. The lowest BCUT2D eigenvalue weighted by Crippen LogP contribution is -2.44. The van der Waals surface area contributed by atoms with E-state index in [-0.39, 0.29) is 17.7 Å². The average molecular weight is 353 g/mol. The SMILES string of the molecule is NC(C(=O)Nc1cccc(NC(=O)c2ccccc2)c1)C1CCOCC1. The van der Waals surface area contributed by atoms with Crippen LogP contribution in [0.3, 0.4) is 0 Å². The highest BCUT2D eigenvalue weighted by molar-refractivity contribution is 6.04. The van der Waals surface area contributed by atoms with Crippen molar-refractivity contribution >= 4 is 23.2 Å². The van der Waals surface area contributed by atoms with Crippen LogP contribution in [0.4, 0.5) is 11.4 Å². The van der Waals surface area contributed by atoms with Crippen molar-refractivity contribution in [2.75, 3.05) is 23.8 Å². The van der Waals surface area contributed by atoms with Crippen LogP contribution < -0.4 is 16.4 Å². The fourth-order valence-corrected chi connectivity index (χ4v) is 2.98. The van der Waals surface area contributed by atoms with Crippen LogP contribution >= 0.6 is 0 Å². The molecule has 2 amide bonds. The van der Waals surface area contributed by atoms with Crippen LogP contribution in [-0.4, -0.2) is 31.1 Å². The lowest BCUT2D eigenvalue weighted by atomic mass is 9.92. The molecule has 1 aliphatic rings. The van der Waals surface area contributed by atoms with E-state index in [4.69, 9.17) is 10.5 Å². The molecule has 136 valence electrons. The number of hydrogen-bond donors (Lipinski definition) is 3. The molecule has 1 unspecified atom stereocenters. The highest BCUT2D eigenvalue weighted by Crippen LogP contribution is 2.20. The van der Waals surface area contributed by atoms with Gasteiger partial charge in [0.15, 0.2) is 0 Å². The Morgan fingerprint density at radius 3 is 2.31 bits per heavy atom. The van der Waals surface area contributed by atoms with Crippen LogP contribution in [0.25, 0.3) is 0 Å². The van der Waals surface area contributed by atoms with Gasteiger partial charge in [-0.3, -0.25) is 9.59 Å². The van der Waals surface area contributed by atoms with Crippen LogP contribution in [0.5, 0.6) is 0 Å². The van der Waals surface area contributed by atoms with Gasteiger partial charge in [-0.05, 0) is 49.1 Å². The Bertz CT molecular complexity index is 758. The fraction of sp³-hybridized carbons (Fsp3) is 0.300. The van der Waals surface area contributed by atoms with Crippen LogP contribution in [0.15, 0.2) is 54.6 Å². The van der Waals surface area contributed by atoms with E-state index in [1.807, 2.05) is 18.2 Å². The lowest BCUT2D eigenvalue weighted by molar-refractivity contribution is -0.119. The summed E-state index contributed by atoms with van der Waals surface area (Å²) < 4.78 is 5.31. The average Bonchev–Trinajstić information content (AvgIpc) is 2.69. The Balaban J connectivity index is 1.61. The second kappa shape index (κ2) is 8.60. The molecule has 0 spiro atoms. The summed E-state index contributed by atoms with van der Waals surface area (Å²) in [5.41, 5.74) is 7.88. The van der Waals surface area contributed by atoms with E-state index in [1.54, 1.807) is 36.4 Å². The Labute approximate surface area is 152 Å². The molecule has 26 heavy (non-hydrogen) atoms. The number of amides is 2. The molecular weight excluding hydrogens is 330 g/mol. The van der Waals surface area contributed by atoms with Crippen LogP contribution in [0.1, 0.15) is 23.2 Å². The predicted octanol–water partition coefficient (Wildman–Crippen LogP) is 2.63. The van der Waals surface area contributed by atoms with Crippen molar-refractivity contribution in [1.29, 1.82) is 0 Å². The number of nitrogens with two attached hydrogens (primary N) is 1. The molecule has 2 aromatic carbocycles. The molecule has 1 saturated heterocycles. The van der Waals surface area contributed by atoms with Gasteiger partial charge in [0.1, 0.15) is 0 Å². The number of rotatable bonds is 5. The zero-order valence-corrected chi connectivity index (χ0v) is 14.5. The topological polar surface area (TPSA) is 93.5 Å². The van der Waals surface area contributed by atoms with Gasteiger partial charge in [0.05, 0.1) is 6.04 Å². The van der Waals surface area contributed by atoms with Crippen molar-refractivity contribution in [3.8, 4) is 0 Å². The maximum absolute atomic E-state index is 12.4. The number of hydrogen-bond acceptors (Lipinski definition) is 4. The fourth-order valence-electron chi connectivity index (χ4n) is 2.98. The molecule has 6 nitrogen and oxygen atoms in total. The minimum Gasteiger partial charge on any atom is -0.381 e. The first-order valence-corrected chi connectivity index (χ1v) is 8.74. The number of anilines is 2. The second-order valence-corrected chi connectivity index (χ2v) is 6.37. The van der Waals surface area contributed by atoms with Crippen molar-refractivity contribution in [1.82, 2.24) is 0 Å². The van der Waals surface area contributed by atoms with E-state index < -0.39 is 6.04 Å². The summed E-state index contributed by atoms with van der Waals surface area (Å²) in [6.07, 6.45) is 1.59. The van der Waals surface area contributed by atoms with Crippen LogP contribution in [-0.2, 0) is 9.53 Å². The van der Waals surface area contributed by atoms with Gasteiger partial charge in [0.25, 0.3) is 5.91 Å². The lowest BCUT2D eigenvalue weighted by Gasteiger charge is -2.26. The molecule has 0 aromatic heterocycles. The van der Waals surface area contributed by atoms with E-state index >= 15 is 0 Å². The van der Waals surface area contributed by atoms with Crippen molar-refractivity contribution in [2.45, 2.75) is 18.9 Å². The van der Waals surface area contributed by atoms with Crippen LogP contribution in [0.2, 0.25) is 0 Å². The van der Waals surface area contributed by atoms with Crippen molar-refractivity contribution < 1.29 is 14.3 Å². The van der Waals surface area contributed by atoms with Crippen molar-refractivity contribution in [2.24, 2.45) is 11.7 Å². The minimum absolute atomic E-state index is 0.129. The molecular formula is C20H23N3O3. The highest BCUT2D eigenvalue weighted by atomic mass is 16.5. The van der Waals surface area contributed by atoms with Gasteiger partial charge < -0.3 is 21.1 Å². The summed E-state index contributed by atoms with van der Waals surface area (Å²) >= 11 is 0. The molecule has 0 radical (unpaired) electrons. The highest BCUT2D eigenvalue weighted by Gasteiger charge is 2.26. The Hall–Kier alpha value is -2.70. The smallest absolute Gasteiger partial charge is 0.255 e. The van der Waals surface area contributed by atoms with E-state index in [0.29, 0.717) is 30.2 Å². The third-order valence-electron chi connectivity index (χ3n) is 4.50. The maximum atomic E-state index is 12.4. The molecule has 1 fully saturated rings. The largest absolute Gasteiger partial charge is 0.381 e. The Morgan fingerprint density at radius 1 is 0.962 bits per heavy atom. The second-order valence-electron chi connectivity index (χ2n) is 6.37. The molecule has 0 bridgehead atoms. The van der Waals surface area contributed by atoms with Crippen molar-refractivity contribution in [3.05, 3.63) is 60.2 Å². The number of ether oxygens (including phenoxy) is 1. The molecule has 2 aromatic rings. The predicted molar refractivity (Wildman–Crippen MR) is 101 cm³/mol. The van der Waals surface area contributed by atoms with E-state index in [1.165, 1.54) is 0 Å².